The average Bonchev–Trinajstić information content (AvgIpc) is 3.02. The van der Waals surface area contributed by atoms with E-state index in [1.165, 1.54) is 4.90 Å². The van der Waals surface area contributed by atoms with Gasteiger partial charge in [0.05, 0.1) is 18.2 Å². The zero-order valence-corrected chi connectivity index (χ0v) is 18.4. The molecule has 164 valence electrons. The van der Waals surface area contributed by atoms with Gasteiger partial charge in [-0.15, -0.1) is 0 Å². The van der Waals surface area contributed by atoms with E-state index < -0.39 is 17.7 Å². The summed E-state index contributed by atoms with van der Waals surface area (Å²) in [7, 11) is 1.58. The molecule has 0 aromatic heterocycles. The lowest BCUT2D eigenvalue weighted by Crippen LogP contribution is -2.31. The third kappa shape index (κ3) is 5.09. The zero-order valence-electron chi connectivity index (χ0n) is 17.6. The summed E-state index contributed by atoms with van der Waals surface area (Å²) in [5.74, 6) is -0.978. The molecule has 1 amide bonds. The van der Waals surface area contributed by atoms with Crippen LogP contribution in [-0.4, -0.2) is 48.6 Å². The molecule has 1 unspecified atom stereocenters. The molecule has 1 N–H and O–H groups in total. The minimum absolute atomic E-state index is 0.0392. The van der Waals surface area contributed by atoms with E-state index in [-0.39, 0.29) is 11.3 Å². The number of amides is 1. The van der Waals surface area contributed by atoms with Crippen molar-refractivity contribution in [2.24, 2.45) is 0 Å². The van der Waals surface area contributed by atoms with E-state index in [9.17, 15) is 14.7 Å². The van der Waals surface area contributed by atoms with E-state index in [2.05, 4.69) is 0 Å². The predicted octanol–water partition coefficient (Wildman–Crippen LogP) is 4.59. The third-order valence-corrected chi connectivity index (χ3v) is 5.27. The van der Waals surface area contributed by atoms with Crippen molar-refractivity contribution in [3.63, 3.8) is 0 Å². The number of methoxy groups -OCH3 is 1. The van der Waals surface area contributed by atoms with Crippen molar-refractivity contribution >= 4 is 29.1 Å². The Morgan fingerprint density at radius 2 is 1.90 bits per heavy atom. The molecule has 3 rings (SSSR count). The van der Waals surface area contributed by atoms with Crippen LogP contribution in [-0.2, 0) is 14.3 Å². The lowest BCUT2D eigenvalue weighted by Gasteiger charge is -2.25. The molecule has 2 aromatic rings. The Morgan fingerprint density at radius 3 is 2.61 bits per heavy atom. The summed E-state index contributed by atoms with van der Waals surface area (Å²) in [6.45, 7) is 3.33. The molecule has 1 atom stereocenters. The molecule has 0 saturated carbocycles. The third-order valence-electron chi connectivity index (χ3n) is 5.03. The number of aliphatic hydroxyl groups excluding tert-OH is 1. The van der Waals surface area contributed by atoms with Crippen molar-refractivity contribution in [1.82, 2.24) is 4.90 Å². The molecule has 0 aliphatic carbocycles. The molecule has 1 heterocycles. The number of hydrogen-bond donors (Lipinski definition) is 1. The van der Waals surface area contributed by atoms with Crippen LogP contribution < -0.4 is 4.74 Å². The van der Waals surface area contributed by atoms with Crippen LogP contribution in [0.5, 0.6) is 5.75 Å². The van der Waals surface area contributed by atoms with Gasteiger partial charge < -0.3 is 19.5 Å². The Morgan fingerprint density at radius 1 is 1.13 bits per heavy atom. The monoisotopic (exact) mass is 443 g/mol. The van der Waals surface area contributed by atoms with E-state index in [1.807, 2.05) is 25.1 Å². The van der Waals surface area contributed by atoms with Crippen molar-refractivity contribution in [2.45, 2.75) is 25.8 Å². The Labute approximate surface area is 187 Å². The van der Waals surface area contributed by atoms with E-state index in [0.717, 1.165) is 6.42 Å². The Hall–Kier alpha value is -2.83. The van der Waals surface area contributed by atoms with Gasteiger partial charge in [-0.25, -0.2) is 0 Å². The van der Waals surface area contributed by atoms with Crippen LogP contribution in [0.1, 0.15) is 36.9 Å². The van der Waals surface area contributed by atoms with E-state index >= 15 is 0 Å². The van der Waals surface area contributed by atoms with E-state index in [1.54, 1.807) is 37.4 Å². The van der Waals surface area contributed by atoms with Gasteiger partial charge in [0.25, 0.3) is 11.7 Å². The van der Waals surface area contributed by atoms with Crippen molar-refractivity contribution in [3.8, 4) is 5.75 Å². The molecule has 0 bridgehead atoms. The maximum absolute atomic E-state index is 13.0. The fraction of sp³-hybridized carbons (Fsp3) is 0.333. The Kier molecular flexibility index (Phi) is 7.71. The predicted molar refractivity (Wildman–Crippen MR) is 119 cm³/mol. The highest BCUT2D eigenvalue weighted by atomic mass is 35.5. The van der Waals surface area contributed by atoms with Gasteiger partial charge in [0, 0.05) is 30.8 Å². The molecular formula is C24H26ClNO5. The van der Waals surface area contributed by atoms with Gasteiger partial charge in [0.2, 0.25) is 0 Å². The number of benzene rings is 2. The molecule has 1 fully saturated rings. The highest BCUT2D eigenvalue weighted by Gasteiger charge is 2.45. The van der Waals surface area contributed by atoms with Crippen molar-refractivity contribution in [3.05, 3.63) is 70.3 Å². The first-order valence-corrected chi connectivity index (χ1v) is 10.6. The number of carbonyl (C=O) groups excluding carboxylic acids is 2. The summed E-state index contributed by atoms with van der Waals surface area (Å²) in [6, 6.07) is 13.1. The Bertz CT molecular complexity index is 987. The molecule has 0 spiro atoms. The number of halogens is 1. The van der Waals surface area contributed by atoms with Gasteiger partial charge in [-0.05, 0) is 42.7 Å². The van der Waals surface area contributed by atoms with Crippen molar-refractivity contribution < 1.29 is 24.2 Å². The maximum atomic E-state index is 13.0. The van der Waals surface area contributed by atoms with Crippen LogP contribution >= 0.6 is 11.6 Å². The zero-order chi connectivity index (χ0) is 22.4. The van der Waals surface area contributed by atoms with Crippen LogP contribution in [0.3, 0.4) is 0 Å². The fourth-order valence-corrected chi connectivity index (χ4v) is 3.81. The summed E-state index contributed by atoms with van der Waals surface area (Å²) >= 11 is 6.07. The summed E-state index contributed by atoms with van der Waals surface area (Å²) in [6.07, 6.45) is 1.41. The number of nitrogens with zero attached hydrogens (tertiary/aromatic N) is 1. The van der Waals surface area contributed by atoms with Crippen LogP contribution in [0.2, 0.25) is 5.02 Å². The summed E-state index contributed by atoms with van der Waals surface area (Å²) in [5.41, 5.74) is 1.11. The van der Waals surface area contributed by atoms with Gasteiger partial charge >= 0.3 is 0 Å². The van der Waals surface area contributed by atoms with E-state index in [0.29, 0.717) is 48.1 Å². The molecule has 1 aliphatic heterocycles. The topological polar surface area (TPSA) is 76.1 Å². The number of hydrogen-bond acceptors (Lipinski definition) is 5. The normalized spacial score (nSPS) is 17.9. The van der Waals surface area contributed by atoms with Crippen LogP contribution in [0, 0.1) is 0 Å². The van der Waals surface area contributed by atoms with Gasteiger partial charge in [-0.1, -0.05) is 42.8 Å². The minimum Gasteiger partial charge on any atom is -0.507 e. The SMILES string of the molecule is CCCOc1cccc(C2/C(=C(/O)c3cccc(Cl)c3)C(=O)C(=O)N2CCCOC)c1. The van der Waals surface area contributed by atoms with Crippen molar-refractivity contribution in [2.75, 3.05) is 26.9 Å². The highest BCUT2D eigenvalue weighted by molar-refractivity contribution is 6.46. The highest BCUT2D eigenvalue weighted by Crippen LogP contribution is 2.40. The first-order valence-electron chi connectivity index (χ1n) is 10.2. The van der Waals surface area contributed by atoms with Crippen molar-refractivity contribution in [1.29, 1.82) is 0 Å². The second-order valence-electron chi connectivity index (χ2n) is 7.27. The molecule has 31 heavy (non-hydrogen) atoms. The van der Waals surface area contributed by atoms with Gasteiger partial charge in [-0.3, -0.25) is 9.59 Å². The second-order valence-corrected chi connectivity index (χ2v) is 7.71. The lowest BCUT2D eigenvalue weighted by molar-refractivity contribution is -0.140. The number of carbonyl (C=O) groups is 2. The summed E-state index contributed by atoms with van der Waals surface area (Å²) < 4.78 is 10.8. The number of ether oxygens (including phenoxy) is 2. The summed E-state index contributed by atoms with van der Waals surface area (Å²) in [4.78, 5) is 27.4. The van der Waals surface area contributed by atoms with Gasteiger partial charge in [0.15, 0.2) is 0 Å². The van der Waals surface area contributed by atoms with Gasteiger partial charge in [0.1, 0.15) is 11.5 Å². The minimum atomic E-state index is -0.735. The van der Waals surface area contributed by atoms with Crippen LogP contribution in [0.15, 0.2) is 54.1 Å². The van der Waals surface area contributed by atoms with Gasteiger partial charge in [-0.2, -0.15) is 0 Å². The van der Waals surface area contributed by atoms with Crippen LogP contribution in [0.25, 0.3) is 5.76 Å². The number of rotatable bonds is 9. The molecule has 0 radical (unpaired) electrons. The summed E-state index contributed by atoms with van der Waals surface area (Å²) in [5, 5.41) is 11.5. The number of Topliss-reactive ketones (excluding diaryl/α,β-unsaturated/α-hetero) is 1. The molecule has 6 nitrogen and oxygen atoms in total. The van der Waals surface area contributed by atoms with E-state index in [4.69, 9.17) is 21.1 Å². The first kappa shape index (κ1) is 22.8. The molecule has 2 aromatic carbocycles. The fourth-order valence-electron chi connectivity index (χ4n) is 3.62. The number of likely N-dealkylation sites (tertiary alicyclic amines) is 1. The quantitative estimate of drug-likeness (QED) is 0.265. The Balaban J connectivity index is 2.10. The smallest absolute Gasteiger partial charge is 0.295 e. The standard InChI is InChI=1S/C24H26ClNO5/c1-3-12-31-19-10-5-7-16(15-19)21-20(22(27)17-8-4-9-18(25)14-17)23(28)24(29)26(21)11-6-13-30-2/h4-5,7-10,14-15,21,27H,3,6,11-13H2,1-2H3/b22-20-. The van der Waals surface area contributed by atoms with Crippen LogP contribution in [0.4, 0.5) is 0 Å². The number of ketones is 1. The molecule has 1 aliphatic rings. The number of aliphatic hydroxyl groups is 1. The molecule has 7 heteroatoms. The second kappa shape index (κ2) is 10.5. The lowest BCUT2D eigenvalue weighted by atomic mass is 9.95. The molecular weight excluding hydrogens is 418 g/mol. The average molecular weight is 444 g/mol. The molecule has 1 saturated heterocycles. The largest absolute Gasteiger partial charge is 0.507 e. The maximum Gasteiger partial charge on any atom is 0.295 e. The first-order chi connectivity index (χ1) is 15.0.